The van der Waals surface area contributed by atoms with E-state index in [2.05, 4.69) is 6.58 Å². The Kier molecular flexibility index (Phi) is 3.56. The lowest BCUT2D eigenvalue weighted by Crippen LogP contribution is -2.11. The maximum Gasteiger partial charge on any atom is 0.412 e. The quantitative estimate of drug-likeness (QED) is 0.666. The number of hydrogen-bond donors (Lipinski definition) is 0. The van der Waals surface area contributed by atoms with E-state index in [9.17, 15) is 13.2 Å². The Hall–Kier alpha value is -1.25. The van der Waals surface area contributed by atoms with Gasteiger partial charge in [0, 0.05) is 5.57 Å². The van der Waals surface area contributed by atoms with Crippen molar-refractivity contribution in [2.24, 2.45) is 0 Å². The Morgan fingerprint density at radius 3 is 2.20 bits per heavy atom. The molecule has 15 heavy (non-hydrogen) atoms. The van der Waals surface area contributed by atoms with Gasteiger partial charge in [-0.1, -0.05) is 36.4 Å². The number of alkyl halides is 3. The zero-order valence-corrected chi connectivity index (χ0v) is 8.56. The highest BCUT2D eigenvalue weighted by molar-refractivity contribution is 5.22. The lowest BCUT2D eigenvalue weighted by atomic mass is 10.0. The monoisotopic (exact) mass is 214 g/mol. The molecule has 0 spiro atoms. The first-order valence-electron chi connectivity index (χ1n) is 4.70. The molecule has 0 heterocycles. The van der Waals surface area contributed by atoms with Crippen LogP contribution in [0.4, 0.5) is 13.2 Å². The van der Waals surface area contributed by atoms with Crippen LogP contribution in [0.1, 0.15) is 17.5 Å². The van der Waals surface area contributed by atoms with Crippen molar-refractivity contribution in [1.29, 1.82) is 0 Å². The molecule has 1 aromatic carbocycles. The van der Waals surface area contributed by atoms with E-state index >= 15 is 0 Å². The highest BCUT2D eigenvalue weighted by atomic mass is 19.4. The van der Waals surface area contributed by atoms with Crippen LogP contribution in [0.2, 0.25) is 0 Å². The summed E-state index contributed by atoms with van der Waals surface area (Å²) in [6.07, 6.45) is -3.91. The van der Waals surface area contributed by atoms with Gasteiger partial charge in [-0.25, -0.2) is 0 Å². The third kappa shape index (κ3) is 3.78. The van der Waals surface area contributed by atoms with E-state index in [1.165, 1.54) is 0 Å². The molecule has 0 nitrogen and oxygen atoms in total. The van der Waals surface area contributed by atoms with Crippen molar-refractivity contribution in [3.05, 3.63) is 47.5 Å². The summed E-state index contributed by atoms with van der Waals surface area (Å²) < 4.78 is 36.3. The standard InChI is InChI=1S/C12H13F3/c1-9-3-6-11(7-4-9)8-5-10(2)12(13,14)15/h3-4,6-7H,2,5,8H2,1H3. The topological polar surface area (TPSA) is 0 Å². The van der Waals surface area contributed by atoms with E-state index in [-0.39, 0.29) is 6.42 Å². The van der Waals surface area contributed by atoms with Gasteiger partial charge in [0.05, 0.1) is 0 Å². The normalized spacial score (nSPS) is 11.5. The summed E-state index contributed by atoms with van der Waals surface area (Å²) in [5, 5.41) is 0. The second-order valence-corrected chi connectivity index (χ2v) is 3.59. The van der Waals surface area contributed by atoms with E-state index in [1.807, 2.05) is 31.2 Å². The molecule has 0 aromatic heterocycles. The van der Waals surface area contributed by atoms with Crippen LogP contribution in [-0.2, 0) is 6.42 Å². The minimum Gasteiger partial charge on any atom is -0.167 e. The molecule has 1 rings (SSSR count). The summed E-state index contributed by atoms with van der Waals surface area (Å²) in [5.41, 5.74) is 1.35. The fraction of sp³-hybridized carbons (Fsp3) is 0.333. The van der Waals surface area contributed by atoms with E-state index in [0.717, 1.165) is 11.1 Å². The fourth-order valence-corrected chi connectivity index (χ4v) is 1.19. The van der Waals surface area contributed by atoms with E-state index < -0.39 is 11.7 Å². The molecule has 0 radical (unpaired) electrons. The van der Waals surface area contributed by atoms with Crippen LogP contribution in [-0.4, -0.2) is 6.18 Å². The first-order valence-corrected chi connectivity index (χ1v) is 4.70. The molecule has 0 unspecified atom stereocenters. The number of benzene rings is 1. The molecule has 0 N–H and O–H groups in total. The first kappa shape index (κ1) is 11.8. The molecular weight excluding hydrogens is 201 g/mol. The Labute approximate surface area is 87.4 Å². The molecule has 0 fully saturated rings. The smallest absolute Gasteiger partial charge is 0.167 e. The predicted molar refractivity (Wildman–Crippen MR) is 54.7 cm³/mol. The SMILES string of the molecule is C=C(CCc1ccc(C)cc1)C(F)(F)F. The second-order valence-electron chi connectivity index (χ2n) is 3.59. The van der Waals surface area contributed by atoms with Crippen LogP contribution in [0, 0.1) is 6.92 Å². The summed E-state index contributed by atoms with van der Waals surface area (Å²) in [6.45, 7) is 4.98. The lowest BCUT2D eigenvalue weighted by molar-refractivity contribution is -0.0935. The summed E-state index contributed by atoms with van der Waals surface area (Å²) in [6, 6.07) is 7.48. The molecule has 0 saturated heterocycles. The predicted octanol–water partition coefficient (Wildman–Crippen LogP) is 4.05. The molecule has 0 amide bonds. The van der Waals surface area contributed by atoms with Crippen LogP contribution in [0.5, 0.6) is 0 Å². The molecule has 1 aromatic rings. The lowest BCUT2D eigenvalue weighted by Gasteiger charge is -2.09. The van der Waals surface area contributed by atoms with Crippen molar-refractivity contribution in [3.8, 4) is 0 Å². The van der Waals surface area contributed by atoms with E-state index in [1.54, 1.807) is 0 Å². The molecule has 0 bridgehead atoms. The number of halogens is 3. The first-order chi connectivity index (χ1) is 6.89. The van der Waals surface area contributed by atoms with Crippen molar-refractivity contribution in [2.45, 2.75) is 25.9 Å². The van der Waals surface area contributed by atoms with Crippen molar-refractivity contribution >= 4 is 0 Å². The number of rotatable bonds is 3. The van der Waals surface area contributed by atoms with Crippen LogP contribution in [0.3, 0.4) is 0 Å². The van der Waals surface area contributed by atoms with E-state index in [0.29, 0.717) is 6.42 Å². The Bertz CT molecular complexity index is 333. The molecule has 0 aliphatic carbocycles. The second kappa shape index (κ2) is 4.51. The van der Waals surface area contributed by atoms with Gasteiger partial charge in [0.25, 0.3) is 0 Å². The minimum absolute atomic E-state index is 0.0352. The summed E-state index contributed by atoms with van der Waals surface area (Å²) in [7, 11) is 0. The minimum atomic E-state index is -4.26. The van der Waals surface area contributed by atoms with Gasteiger partial charge in [0.15, 0.2) is 0 Å². The molecule has 0 aliphatic heterocycles. The van der Waals surface area contributed by atoms with Crippen molar-refractivity contribution in [1.82, 2.24) is 0 Å². The Balaban J connectivity index is 2.51. The van der Waals surface area contributed by atoms with Crippen molar-refractivity contribution in [3.63, 3.8) is 0 Å². The van der Waals surface area contributed by atoms with Gasteiger partial charge in [-0.05, 0) is 25.3 Å². The van der Waals surface area contributed by atoms with Gasteiger partial charge in [0.1, 0.15) is 0 Å². The summed E-state index contributed by atoms with van der Waals surface area (Å²) in [4.78, 5) is 0. The fourth-order valence-electron chi connectivity index (χ4n) is 1.19. The zero-order valence-electron chi connectivity index (χ0n) is 8.56. The van der Waals surface area contributed by atoms with Gasteiger partial charge in [-0.3, -0.25) is 0 Å². The van der Waals surface area contributed by atoms with Crippen molar-refractivity contribution < 1.29 is 13.2 Å². The highest BCUT2D eigenvalue weighted by Gasteiger charge is 2.30. The highest BCUT2D eigenvalue weighted by Crippen LogP contribution is 2.27. The Morgan fingerprint density at radius 2 is 1.73 bits per heavy atom. The number of allylic oxidation sites excluding steroid dienone is 1. The molecule has 0 atom stereocenters. The van der Waals surface area contributed by atoms with Gasteiger partial charge >= 0.3 is 6.18 Å². The molecule has 0 saturated carbocycles. The maximum atomic E-state index is 12.1. The summed E-state index contributed by atoms with van der Waals surface area (Å²) >= 11 is 0. The third-order valence-corrected chi connectivity index (χ3v) is 2.24. The molecule has 82 valence electrons. The number of hydrogen-bond acceptors (Lipinski definition) is 0. The largest absolute Gasteiger partial charge is 0.412 e. The zero-order chi connectivity index (χ0) is 11.5. The molecule has 0 aliphatic rings. The van der Waals surface area contributed by atoms with Crippen molar-refractivity contribution in [2.75, 3.05) is 0 Å². The number of aryl methyl sites for hydroxylation is 2. The van der Waals surface area contributed by atoms with Crippen LogP contribution >= 0.6 is 0 Å². The van der Waals surface area contributed by atoms with E-state index in [4.69, 9.17) is 0 Å². The Morgan fingerprint density at radius 1 is 1.20 bits per heavy atom. The average Bonchev–Trinajstić information content (AvgIpc) is 2.15. The van der Waals surface area contributed by atoms with Gasteiger partial charge < -0.3 is 0 Å². The third-order valence-electron chi connectivity index (χ3n) is 2.24. The van der Waals surface area contributed by atoms with Gasteiger partial charge in [-0.15, -0.1) is 0 Å². The summed E-state index contributed by atoms with van der Waals surface area (Å²) in [5.74, 6) is 0. The molecular formula is C12H13F3. The van der Waals surface area contributed by atoms with Crippen LogP contribution in [0.25, 0.3) is 0 Å². The molecule has 3 heteroatoms. The van der Waals surface area contributed by atoms with Crippen LogP contribution in [0.15, 0.2) is 36.4 Å². The maximum absolute atomic E-state index is 12.1. The average molecular weight is 214 g/mol. The van der Waals surface area contributed by atoms with Gasteiger partial charge in [-0.2, -0.15) is 13.2 Å². The van der Waals surface area contributed by atoms with Crippen LogP contribution < -0.4 is 0 Å². The van der Waals surface area contributed by atoms with Gasteiger partial charge in [0.2, 0.25) is 0 Å².